The molecule has 1 amide bonds. The van der Waals surface area contributed by atoms with Crippen LogP contribution in [0.3, 0.4) is 0 Å². The van der Waals surface area contributed by atoms with Gasteiger partial charge in [-0.2, -0.15) is 11.8 Å². The highest BCUT2D eigenvalue weighted by atomic mass is 32.2. The number of hydrogen-bond acceptors (Lipinski definition) is 6. The molecule has 0 saturated carbocycles. The molecule has 1 aromatic rings. The van der Waals surface area contributed by atoms with Gasteiger partial charge in [-0.25, -0.2) is 5.84 Å². The Morgan fingerprint density at radius 2 is 2.33 bits per heavy atom. The lowest BCUT2D eigenvalue weighted by Crippen LogP contribution is -2.30. The van der Waals surface area contributed by atoms with Gasteiger partial charge < -0.3 is 4.90 Å². The van der Waals surface area contributed by atoms with Crippen molar-refractivity contribution in [2.24, 2.45) is 5.84 Å². The first-order valence-electron chi connectivity index (χ1n) is 6.01. The first-order valence-corrected chi connectivity index (χ1v) is 7.16. The van der Waals surface area contributed by atoms with Gasteiger partial charge in [0.25, 0.3) is 5.91 Å². The standard InChI is InChI=1S/C10H18N6OS/c11-12-10(17)9-8-16(14-13-9)4-3-15-2-1-6-18-7-5-15/h8H,1-7,11H2,(H,12,17). The van der Waals surface area contributed by atoms with Crippen molar-refractivity contribution in [3.05, 3.63) is 11.9 Å². The molecule has 8 heteroatoms. The Morgan fingerprint density at radius 1 is 1.44 bits per heavy atom. The van der Waals surface area contributed by atoms with E-state index in [4.69, 9.17) is 5.84 Å². The highest BCUT2D eigenvalue weighted by molar-refractivity contribution is 7.99. The van der Waals surface area contributed by atoms with E-state index in [0.29, 0.717) is 0 Å². The maximum Gasteiger partial charge on any atom is 0.287 e. The molecule has 100 valence electrons. The lowest BCUT2D eigenvalue weighted by atomic mass is 10.4. The van der Waals surface area contributed by atoms with E-state index in [1.807, 2.05) is 17.2 Å². The van der Waals surface area contributed by atoms with Crippen LogP contribution in [0, 0.1) is 0 Å². The van der Waals surface area contributed by atoms with Crippen molar-refractivity contribution in [3.63, 3.8) is 0 Å². The largest absolute Gasteiger partial charge is 0.301 e. The van der Waals surface area contributed by atoms with Crippen molar-refractivity contribution in [2.45, 2.75) is 13.0 Å². The van der Waals surface area contributed by atoms with Gasteiger partial charge in [0.15, 0.2) is 5.69 Å². The number of hydrogen-bond donors (Lipinski definition) is 2. The molecule has 0 radical (unpaired) electrons. The quantitative estimate of drug-likeness (QED) is 0.428. The highest BCUT2D eigenvalue weighted by Crippen LogP contribution is 2.09. The number of amides is 1. The van der Waals surface area contributed by atoms with Crippen LogP contribution in [0.4, 0.5) is 0 Å². The molecule has 1 fully saturated rings. The maximum absolute atomic E-state index is 11.2. The van der Waals surface area contributed by atoms with Crippen LogP contribution in [0.25, 0.3) is 0 Å². The fourth-order valence-corrected chi connectivity index (χ4v) is 2.78. The van der Waals surface area contributed by atoms with Crippen molar-refractivity contribution >= 4 is 17.7 Å². The van der Waals surface area contributed by atoms with Gasteiger partial charge in [-0.15, -0.1) is 5.10 Å². The lowest BCUT2D eigenvalue weighted by Gasteiger charge is -2.18. The molecule has 7 nitrogen and oxygen atoms in total. The number of carbonyl (C=O) groups excluding carboxylic acids is 1. The maximum atomic E-state index is 11.2. The summed E-state index contributed by atoms with van der Waals surface area (Å²) in [6.07, 6.45) is 2.86. The van der Waals surface area contributed by atoms with E-state index in [-0.39, 0.29) is 5.69 Å². The summed E-state index contributed by atoms with van der Waals surface area (Å²) in [6, 6.07) is 0. The van der Waals surface area contributed by atoms with Gasteiger partial charge in [-0.05, 0) is 18.7 Å². The smallest absolute Gasteiger partial charge is 0.287 e. The number of nitrogens with one attached hydrogen (secondary N) is 1. The van der Waals surface area contributed by atoms with E-state index in [2.05, 4.69) is 15.2 Å². The summed E-state index contributed by atoms with van der Waals surface area (Å²) in [5.74, 6) is 7.07. The van der Waals surface area contributed by atoms with Gasteiger partial charge in [-0.1, -0.05) is 5.21 Å². The summed E-state index contributed by atoms with van der Waals surface area (Å²) in [4.78, 5) is 13.6. The normalized spacial score (nSPS) is 17.4. The zero-order chi connectivity index (χ0) is 12.8. The van der Waals surface area contributed by atoms with Gasteiger partial charge in [0.1, 0.15) is 0 Å². The lowest BCUT2D eigenvalue weighted by molar-refractivity contribution is 0.0948. The fourth-order valence-electron chi connectivity index (χ4n) is 1.85. The summed E-state index contributed by atoms with van der Waals surface area (Å²) in [5.41, 5.74) is 2.29. The predicted octanol–water partition coefficient (Wildman–Crippen LogP) is -0.679. The third-order valence-corrected chi connectivity index (χ3v) is 3.91. The Balaban J connectivity index is 1.82. The van der Waals surface area contributed by atoms with Gasteiger partial charge in [0.2, 0.25) is 0 Å². The number of carbonyl (C=O) groups is 1. The van der Waals surface area contributed by atoms with Gasteiger partial charge in [0.05, 0.1) is 12.7 Å². The van der Waals surface area contributed by atoms with Crippen LogP contribution in [0.5, 0.6) is 0 Å². The zero-order valence-electron chi connectivity index (χ0n) is 10.2. The number of hydrazine groups is 1. The van der Waals surface area contributed by atoms with Crippen molar-refractivity contribution in [3.8, 4) is 0 Å². The van der Waals surface area contributed by atoms with Gasteiger partial charge >= 0.3 is 0 Å². The Kier molecular flexibility index (Phi) is 4.97. The number of thioether (sulfide) groups is 1. The first-order chi connectivity index (χ1) is 8.79. The van der Waals surface area contributed by atoms with Crippen LogP contribution in [-0.4, -0.2) is 56.9 Å². The Bertz CT molecular complexity index is 387. The van der Waals surface area contributed by atoms with E-state index in [1.165, 1.54) is 17.9 Å². The summed E-state index contributed by atoms with van der Waals surface area (Å²) < 4.78 is 1.68. The molecule has 0 atom stereocenters. The molecule has 2 rings (SSSR count). The van der Waals surface area contributed by atoms with Crippen LogP contribution in [-0.2, 0) is 6.54 Å². The minimum absolute atomic E-state index is 0.254. The van der Waals surface area contributed by atoms with Gasteiger partial charge in [-0.3, -0.25) is 14.9 Å². The molecule has 3 N–H and O–H groups in total. The molecule has 0 aromatic carbocycles. The van der Waals surface area contributed by atoms with Crippen LogP contribution >= 0.6 is 11.8 Å². The summed E-state index contributed by atoms with van der Waals surface area (Å²) >= 11 is 2.01. The van der Waals surface area contributed by atoms with Crippen LogP contribution in [0.1, 0.15) is 16.9 Å². The average molecular weight is 270 g/mol. The second kappa shape index (κ2) is 6.72. The number of rotatable bonds is 4. The van der Waals surface area contributed by atoms with Crippen LogP contribution < -0.4 is 11.3 Å². The minimum atomic E-state index is -0.410. The molecule has 1 aliphatic rings. The molecule has 0 bridgehead atoms. The van der Waals surface area contributed by atoms with E-state index in [9.17, 15) is 4.79 Å². The molecule has 1 aliphatic heterocycles. The number of nitrogen functional groups attached to an aromatic ring is 1. The molecule has 0 unspecified atom stereocenters. The minimum Gasteiger partial charge on any atom is -0.301 e. The topological polar surface area (TPSA) is 89.1 Å². The fraction of sp³-hybridized carbons (Fsp3) is 0.700. The molecule has 18 heavy (non-hydrogen) atoms. The molecular weight excluding hydrogens is 252 g/mol. The molecular formula is C10H18N6OS. The highest BCUT2D eigenvalue weighted by Gasteiger charge is 2.11. The number of nitrogens with zero attached hydrogens (tertiary/aromatic N) is 4. The van der Waals surface area contributed by atoms with E-state index in [0.717, 1.165) is 26.2 Å². The van der Waals surface area contributed by atoms with Crippen LogP contribution in [0.15, 0.2) is 6.20 Å². The molecule has 2 heterocycles. The summed E-state index contributed by atoms with van der Waals surface area (Å²) in [5, 5.41) is 7.68. The Morgan fingerprint density at radius 3 is 3.17 bits per heavy atom. The Hall–Kier alpha value is -1.12. The zero-order valence-corrected chi connectivity index (χ0v) is 11.0. The van der Waals surface area contributed by atoms with E-state index in [1.54, 1.807) is 10.9 Å². The van der Waals surface area contributed by atoms with Gasteiger partial charge in [0, 0.05) is 18.8 Å². The molecule has 0 spiro atoms. The molecule has 0 aliphatic carbocycles. The predicted molar refractivity (Wildman–Crippen MR) is 70.1 cm³/mol. The van der Waals surface area contributed by atoms with E-state index >= 15 is 0 Å². The number of nitrogens with two attached hydrogens (primary N) is 1. The van der Waals surface area contributed by atoms with Crippen molar-refractivity contribution in [1.82, 2.24) is 25.3 Å². The first kappa shape index (κ1) is 13.3. The molecule has 1 aromatic heterocycles. The summed E-state index contributed by atoms with van der Waals surface area (Å²) in [6.45, 7) is 3.94. The van der Waals surface area contributed by atoms with Crippen molar-refractivity contribution in [2.75, 3.05) is 31.1 Å². The third kappa shape index (κ3) is 3.69. The average Bonchev–Trinajstić information content (AvgIpc) is 2.71. The van der Waals surface area contributed by atoms with Crippen LogP contribution in [0.2, 0.25) is 0 Å². The summed E-state index contributed by atoms with van der Waals surface area (Å²) in [7, 11) is 0. The number of aromatic nitrogens is 3. The Labute approximate surface area is 110 Å². The van der Waals surface area contributed by atoms with Crippen molar-refractivity contribution in [1.29, 1.82) is 0 Å². The second-order valence-electron chi connectivity index (χ2n) is 4.15. The monoisotopic (exact) mass is 270 g/mol. The molecule has 1 saturated heterocycles. The second-order valence-corrected chi connectivity index (χ2v) is 5.37. The van der Waals surface area contributed by atoms with Crippen molar-refractivity contribution < 1.29 is 4.79 Å². The van der Waals surface area contributed by atoms with E-state index < -0.39 is 5.91 Å². The SMILES string of the molecule is NNC(=O)c1cn(CCN2CCCSCC2)nn1. The third-order valence-electron chi connectivity index (χ3n) is 2.86.